The molecule has 0 amide bonds. The highest BCUT2D eigenvalue weighted by Crippen LogP contribution is 2.62. The predicted molar refractivity (Wildman–Crippen MR) is 90.1 cm³/mol. The zero-order valence-electron chi connectivity index (χ0n) is 14.4. The number of rotatable bonds is 3. The average molecular weight is 289 g/mol. The summed E-state index contributed by atoms with van der Waals surface area (Å²) in [5.41, 5.74) is 0. The van der Waals surface area contributed by atoms with Gasteiger partial charge in [-0.1, -0.05) is 58.8 Å². The monoisotopic (exact) mass is 288 g/mol. The summed E-state index contributed by atoms with van der Waals surface area (Å²) in [6.07, 6.45) is 17.2. The Labute approximate surface area is 132 Å². The van der Waals surface area contributed by atoms with Crippen LogP contribution in [0, 0.1) is 47.3 Å². The fraction of sp³-hybridized carbons (Fsp3) is 1.00. The van der Waals surface area contributed by atoms with Gasteiger partial charge in [0.2, 0.25) is 0 Å². The van der Waals surface area contributed by atoms with Crippen LogP contribution in [0.4, 0.5) is 0 Å². The topological polar surface area (TPSA) is 0 Å². The zero-order valence-corrected chi connectivity index (χ0v) is 14.4. The van der Waals surface area contributed by atoms with Crippen molar-refractivity contribution in [2.24, 2.45) is 47.3 Å². The molecule has 0 nitrogen and oxygen atoms in total. The maximum absolute atomic E-state index is 2.60. The van der Waals surface area contributed by atoms with Crippen LogP contribution in [0.3, 0.4) is 0 Å². The highest BCUT2D eigenvalue weighted by molar-refractivity contribution is 5.03. The van der Waals surface area contributed by atoms with Crippen molar-refractivity contribution in [3.05, 3.63) is 0 Å². The smallest absolute Gasteiger partial charge is 0.0321 e. The van der Waals surface area contributed by atoms with E-state index in [0.29, 0.717) is 0 Å². The van der Waals surface area contributed by atoms with E-state index in [9.17, 15) is 0 Å². The van der Waals surface area contributed by atoms with Gasteiger partial charge in [0.25, 0.3) is 0 Å². The molecular formula is C21H36. The van der Waals surface area contributed by atoms with Gasteiger partial charge >= 0.3 is 0 Å². The van der Waals surface area contributed by atoms with Crippen molar-refractivity contribution >= 4 is 0 Å². The van der Waals surface area contributed by atoms with E-state index in [0.717, 1.165) is 47.3 Å². The third-order valence-electron chi connectivity index (χ3n) is 8.33. The molecule has 0 heterocycles. The molecule has 4 rings (SSSR count). The van der Waals surface area contributed by atoms with Crippen LogP contribution >= 0.6 is 0 Å². The standard InChI is InChI=1S/C21H36/c1-3-6-16-13-17-10-12-18(15-7-4-5-8-15)19-11-9-14(2)20(16)21(17)19/h14-21H,3-13H2,1-2H3. The van der Waals surface area contributed by atoms with Crippen molar-refractivity contribution in [1.29, 1.82) is 0 Å². The van der Waals surface area contributed by atoms with Gasteiger partial charge in [-0.3, -0.25) is 0 Å². The quantitative estimate of drug-likeness (QED) is 0.571. The molecule has 0 saturated heterocycles. The summed E-state index contributed by atoms with van der Waals surface area (Å²) >= 11 is 0. The van der Waals surface area contributed by atoms with Crippen LogP contribution in [-0.4, -0.2) is 0 Å². The lowest BCUT2D eigenvalue weighted by Crippen LogP contribution is -2.43. The van der Waals surface area contributed by atoms with Crippen LogP contribution in [0.2, 0.25) is 0 Å². The third-order valence-corrected chi connectivity index (χ3v) is 8.33. The van der Waals surface area contributed by atoms with E-state index >= 15 is 0 Å². The van der Waals surface area contributed by atoms with Crippen LogP contribution in [0.15, 0.2) is 0 Å². The van der Waals surface area contributed by atoms with Gasteiger partial charge in [-0.2, -0.15) is 0 Å². The average Bonchev–Trinajstić information content (AvgIpc) is 3.12. The Morgan fingerprint density at radius 2 is 1.52 bits per heavy atom. The van der Waals surface area contributed by atoms with E-state index in [4.69, 9.17) is 0 Å². The lowest BCUT2D eigenvalue weighted by Gasteiger charge is -2.50. The summed E-state index contributed by atoms with van der Waals surface area (Å²) in [4.78, 5) is 0. The zero-order chi connectivity index (χ0) is 14.4. The van der Waals surface area contributed by atoms with Crippen molar-refractivity contribution in [2.75, 3.05) is 0 Å². The minimum Gasteiger partial charge on any atom is -0.0654 e. The first-order valence-electron chi connectivity index (χ1n) is 10.3. The maximum Gasteiger partial charge on any atom is -0.0321 e. The summed E-state index contributed by atoms with van der Waals surface area (Å²) < 4.78 is 0. The molecule has 4 aliphatic carbocycles. The first-order chi connectivity index (χ1) is 10.3. The van der Waals surface area contributed by atoms with Crippen molar-refractivity contribution in [1.82, 2.24) is 0 Å². The number of hydrogen-bond donors (Lipinski definition) is 0. The summed E-state index contributed by atoms with van der Waals surface area (Å²) in [6.45, 7) is 5.01. The fourth-order valence-corrected chi connectivity index (χ4v) is 7.73. The van der Waals surface area contributed by atoms with Gasteiger partial charge in [-0.15, -0.1) is 0 Å². The predicted octanol–water partition coefficient (Wildman–Crippen LogP) is 6.30. The maximum atomic E-state index is 2.60. The molecule has 4 saturated carbocycles. The molecule has 0 bridgehead atoms. The molecule has 7 atom stereocenters. The Kier molecular flexibility index (Phi) is 4.09. The molecule has 7 unspecified atom stereocenters. The van der Waals surface area contributed by atoms with E-state index in [1.807, 2.05) is 0 Å². The van der Waals surface area contributed by atoms with Gasteiger partial charge in [-0.05, 0) is 73.0 Å². The van der Waals surface area contributed by atoms with E-state index in [1.165, 1.54) is 12.8 Å². The van der Waals surface area contributed by atoms with E-state index in [1.54, 1.807) is 57.8 Å². The highest BCUT2D eigenvalue weighted by Gasteiger charge is 2.54. The molecule has 0 N–H and O–H groups in total. The molecule has 0 aromatic carbocycles. The Morgan fingerprint density at radius 1 is 0.762 bits per heavy atom. The molecule has 0 aromatic rings. The summed E-state index contributed by atoms with van der Waals surface area (Å²) in [6, 6.07) is 0. The van der Waals surface area contributed by atoms with Gasteiger partial charge in [0, 0.05) is 0 Å². The first-order valence-corrected chi connectivity index (χ1v) is 10.3. The molecule has 4 aliphatic rings. The van der Waals surface area contributed by atoms with Crippen molar-refractivity contribution in [3.8, 4) is 0 Å². The van der Waals surface area contributed by atoms with Gasteiger partial charge in [0.15, 0.2) is 0 Å². The molecule has 0 aromatic heterocycles. The molecule has 0 heteroatoms. The Hall–Kier alpha value is 0. The lowest BCUT2D eigenvalue weighted by molar-refractivity contribution is -0.0121. The van der Waals surface area contributed by atoms with Crippen LogP contribution in [0.25, 0.3) is 0 Å². The van der Waals surface area contributed by atoms with Gasteiger partial charge in [0.05, 0.1) is 0 Å². The Balaban J connectivity index is 1.57. The molecule has 0 spiro atoms. The van der Waals surface area contributed by atoms with E-state index in [2.05, 4.69) is 13.8 Å². The van der Waals surface area contributed by atoms with Gasteiger partial charge in [0.1, 0.15) is 0 Å². The Morgan fingerprint density at radius 3 is 2.29 bits per heavy atom. The van der Waals surface area contributed by atoms with Gasteiger partial charge < -0.3 is 0 Å². The molecule has 120 valence electrons. The largest absolute Gasteiger partial charge is 0.0654 e. The first kappa shape index (κ1) is 14.6. The van der Waals surface area contributed by atoms with Crippen molar-refractivity contribution < 1.29 is 0 Å². The van der Waals surface area contributed by atoms with Crippen molar-refractivity contribution in [2.45, 2.75) is 84.5 Å². The summed E-state index contributed by atoms with van der Waals surface area (Å²) in [5, 5.41) is 0. The summed E-state index contributed by atoms with van der Waals surface area (Å²) in [5.74, 6) is 8.98. The minimum atomic E-state index is 1.04. The SMILES string of the molecule is CCCC1CC2CCC(C3CCCC3)C3CCC(C)C1C23. The van der Waals surface area contributed by atoms with Crippen LogP contribution in [-0.2, 0) is 0 Å². The second-order valence-electron chi connectivity index (χ2n) is 9.20. The molecule has 0 radical (unpaired) electrons. The Bertz CT molecular complexity index is 353. The normalized spacial score (nSPS) is 50.3. The van der Waals surface area contributed by atoms with E-state index < -0.39 is 0 Å². The summed E-state index contributed by atoms with van der Waals surface area (Å²) in [7, 11) is 0. The molecule has 4 fully saturated rings. The highest BCUT2D eigenvalue weighted by atomic mass is 14.6. The third kappa shape index (κ3) is 2.40. The second kappa shape index (κ2) is 5.89. The van der Waals surface area contributed by atoms with E-state index in [-0.39, 0.29) is 0 Å². The van der Waals surface area contributed by atoms with Gasteiger partial charge in [-0.25, -0.2) is 0 Å². The van der Waals surface area contributed by atoms with Crippen molar-refractivity contribution in [3.63, 3.8) is 0 Å². The fourth-order valence-electron chi connectivity index (χ4n) is 7.73. The molecule has 21 heavy (non-hydrogen) atoms. The minimum absolute atomic E-state index is 1.04. The number of hydrogen-bond acceptors (Lipinski definition) is 0. The molecule has 0 aliphatic heterocycles. The second-order valence-corrected chi connectivity index (χ2v) is 9.20. The van der Waals surface area contributed by atoms with Crippen LogP contribution in [0.5, 0.6) is 0 Å². The lowest BCUT2D eigenvalue weighted by atomic mass is 9.55. The van der Waals surface area contributed by atoms with Crippen LogP contribution in [0.1, 0.15) is 84.5 Å². The van der Waals surface area contributed by atoms with Crippen LogP contribution < -0.4 is 0 Å². The molecular weight excluding hydrogens is 252 g/mol.